The molecule has 0 heterocycles. The van der Waals surface area contributed by atoms with Crippen molar-refractivity contribution in [3.05, 3.63) is 71.8 Å². The Kier molecular flexibility index (Phi) is 12.6. The second-order valence-electron chi connectivity index (χ2n) is 6.84. The predicted molar refractivity (Wildman–Crippen MR) is 117 cm³/mol. The van der Waals surface area contributed by atoms with Crippen LogP contribution in [0, 0.1) is 0 Å². The minimum Gasteiger partial charge on any atom is -0.304 e. The third-order valence-corrected chi connectivity index (χ3v) is 5.09. The van der Waals surface area contributed by atoms with Crippen molar-refractivity contribution in [3.63, 3.8) is 0 Å². The lowest BCUT2D eigenvalue weighted by atomic mass is 9.87. The Balaban J connectivity index is 0.000000412. The van der Waals surface area contributed by atoms with E-state index in [1.54, 1.807) is 0 Å². The highest BCUT2D eigenvalue weighted by Gasteiger charge is 2.12. The molecule has 0 aliphatic rings. The third kappa shape index (κ3) is 8.67. The van der Waals surface area contributed by atoms with E-state index in [9.17, 15) is 0 Å². The van der Waals surface area contributed by atoms with Gasteiger partial charge in [0.15, 0.2) is 0 Å². The molecule has 26 heavy (non-hydrogen) atoms. The lowest BCUT2D eigenvalue weighted by Gasteiger charge is -2.18. The van der Waals surface area contributed by atoms with E-state index in [1.807, 2.05) is 0 Å². The first-order chi connectivity index (χ1) is 12.8. The summed E-state index contributed by atoms with van der Waals surface area (Å²) in [5.41, 5.74) is 2.90. The van der Waals surface area contributed by atoms with Gasteiger partial charge in [0.1, 0.15) is 0 Å². The molecule has 0 spiro atoms. The highest BCUT2D eigenvalue weighted by molar-refractivity contribution is 5.32. The van der Waals surface area contributed by atoms with Crippen LogP contribution in [0.2, 0.25) is 0 Å². The van der Waals surface area contributed by atoms with Crippen molar-refractivity contribution in [2.24, 2.45) is 0 Å². The Labute approximate surface area is 162 Å². The van der Waals surface area contributed by atoms with Crippen LogP contribution >= 0.6 is 0 Å². The smallest absolute Gasteiger partial charge is 0.00893 e. The van der Waals surface area contributed by atoms with E-state index in [-0.39, 0.29) is 0 Å². The van der Waals surface area contributed by atoms with E-state index in [0.29, 0.717) is 5.92 Å². The number of hydrogen-bond acceptors (Lipinski definition) is 1. The fourth-order valence-electron chi connectivity index (χ4n) is 3.34. The molecule has 0 bridgehead atoms. The van der Waals surface area contributed by atoms with E-state index in [1.165, 1.54) is 62.9 Å². The van der Waals surface area contributed by atoms with E-state index < -0.39 is 0 Å². The van der Waals surface area contributed by atoms with Crippen LogP contribution in [-0.4, -0.2) is 24.5 Å². The quantitative estimate of drug-likeness (QED) is 0.410. The number of unbranched alkanes of at least 4 members (excludes halogenated alkanes) is 3. The SMILES string of the molecule is CCCCCCC(c1ccccc1)c1ccccc1.CCN(CC)CC. The van der Waals surface area contributed by atoms with E-state index in [2.05, 4.69) is 93.3 Å². The Morgan fingerprint density at radius 1 is 0.615 bits per heavy atom. The number of hydrogen-bond donors (Lipinski definition) is 0. The molecule has 0 aromatic heterocycles. The van der Waals surface area contributed by atoms with E-state index >= 15 is 0 Å². The van der Waals surface area contributed by atoms with Crippen molar-refractivity contribution in [1.29, 1.82) is 0 Å². The van der Waals surface area contributed by atoms with Gasteiger partial charge in [-0.05, 0) is 37.2 Å². The minimum atomic E-state index is 0.555. The van der Waals surface area contributed by atoms with Gasteiger partial charge in [0, 0.05) is 5.92 Å². The highest BCUT2D eigenvalue weighted by atomic mass is 15.1. The summed E-state index contributed by atoms with van der Waals surface area (Å²) >= 11 is 0. The van der Waals surface area contributed by atoms with Gasteiger partial charge in [-0.3, -0.25) is 0 Å². The van der Waals surface area contributed by atoms with Crippen molar-refractivity contribution >= 4 is 0 Å². The molecule has 0 saturated carbocycles. The summed E-state index contributed by atoms with van der Waals surface area (Å²) in [6, 6.07) is 21.8. The third-order valence-electron chi connectivity index (χ3n) is 5.09. The Morgan fingerprint density at radius 2 is 1.08 bits per heavy atom. The molecule has 144 valence electrons. The predicted octanol–water partition coefficient (Wildman–Crippen LogP) is 7.14. The van der Waals surface area contributed by atoms with Crippen molar-refractivity contribution < 1.29 is 0 Å². The number of rotatable bonds is 10. The molecule has 0 radical (unpaired) electrons. The molecule has 1 nitrogen and oxygen atoms in total. The molecular weight excluding hydrogens is 314 g/mol. The Bertz CT molecular complexity index is 486. The molecule has 0 saturated heterocycles. The van der Waals surface area contributed by atoms with Gasteiger partial charge in [-0.1, -0.05) is 114 Å². The summed E-state index contributed by atoms with van der Waals surface area (Å²) in [6.07, 6.45) is 6.60. The van der Waals surface area contributed by atoms with Crippen molar-refractivity contribution in [2.75, 3.05) is 19.6 Å². The maximum atomic E-state index is 2.38. The minimum absolute atomic E-state index is 0.555. The van der Waals surface area contributed by atoms with Gasteiger partial charge < -0.3 is 4.90 Å². The molecule has 2 rings (SSSR count). The fourth-order valence-corrected chi connectivity index (χ4v) is 3.34. The maximum absolute atomic E-state index is 2.38. The molecule has 2 aromatic rings. The molecule has 0 fully saturated rings. The summed E-state index contributed by atoms with van der Waals surface area (Å²) in [6.45, 7) is 12.4. The van der Waals surface area contributed by atoms with Crippen LogP contribution in [0.3, 0.4) is 0 Å². The lowest BCUT2D eigenvalue weighted by Crippen LogP contribution is -2.21. The average Bonchev–Trinajstić information content (AvgIpc) is 2.71. The molecule has 0 aliphatic carbocycles. The maximum Gasteiger partial charge on any atom is 0.00893 e. The van der Waals surface area contributed by atoms with Gasteiger partial charge in [-0.25, -0.2) is 0 Å². The van der Waals surface area contributed by atoms with Crippen molar-refractivity contribution in [2.45, 2.75) is 65.7 Å². The zero-order chi connectivity index (χ0) is 19.0. The van der Waals surface area contributed by atoms with Crippen molar-refractivity contribution in [3.8, 4) is 0 Å². The highest BCUT2D eigenvalue weighted by Crippen LogP contribution is 2.29. The first kappa shape index (κ1) is 22.4. The summed E-state index contributed by atoms with van der Waals surface area (Å²) in [5.74, 6) is 0.555. The molecular formula is C25H39N. The van der Waals surface area contributed by atoms with Gasteiger partial charge in [-0.2, -0.15) is 0 Å². The normalized spacial score (nSPS) is 10.7. The number of nitrogens with zero attached hydrogens (tertiary/aromatic N) is 1. The monoisotopic (exact) mass is 353 g/mol. The van der Waals surface area contributed by atoms with Crippen LogP contribution in [0.4, 0.5) is 0 Å². The van der Waals surface area contributed by atoms with E-state index in [4.69, 9.17) is 0 Å². The fraction of sp³-hybridized carbons (Fsp3) is 0.520. The summed E-state index contributed by atoms with van der Waals surface area (Å²) in [5, 5.41) is 0. The molecule has 0 unspecified atom stereocenters. The first-order valence-electron chi connectivity index (χ1n) is 10.6. The molecule has 0 atom stereocenters. The Morgan fingerprint density at radius 3 is 1.42 bits per heavy atom. The standard InChI is InChI=1S/C19H24.C6H15N/c1-2-3-4-11-16-19(17-12-7-5-8-13-17)18-14-9-6-10-15-18;1-4-7(5-2)6-3/h5-10,12-15,19H,2-4,11,16H2,1H3;4-6H2,1-3H3. The van der Waals surface area contributed by atoms with Crippen LogP contribution in [0.1, 0.15) is 76.8 Å². The topological polar surface area (TPSA) is 3.24 Å². The van der Waals surface area contributed by atoms with E-state index in [0.717, 1.165) is 0 Å². The summed E-state index contributed by atoms with van der Waals surface area (Å²) in [7, 11) is 0. The van der Waals surface area contributed by atoms with Crippen LogP contribution < -0.4 is 0 Å². The molecule has 0 amide bonds. The average molecular weight is 354 g/mol. The second-order valence-corrected chi connectivity index (χ2v) is 6.84. The van der Waals surface area contributed by atoms with Gasteiger partial charge in [0.2, 0.25) is 0 Å². The van der Waals surface area contributed by atoms with Crippen molar-refractivity contribution in [1.82, 2.24) is 4.90 Å². The largest absolute Gasteiger partial charge is 0.304 e. The molecule has 0 N–H and O–H groups in total. The van der Waals surface area contributed by atoms with Gasteiger partial charge >= 0.3 is 0 Å². The lowest BCUT2D eigenvalue weighted by molar-refractivity contribution is 0.321. The zero-order valence-corrected chi connectivity index (χ0v) is 17.5. The van der Waals surface area contributed by atoms with Gasteiger partial charge in [0.25, 0.3) is 0 Å². The molecule has 0 aliphatic heterocycles. The van der Waals surface area contributed by atoms with Crippen LogP contribution in [0.5, 0.6) is 0 Å². The molecule has 1 heteroatoms. The summed E-state index contributed by atoms with van der Waals surface area (Å²) < 4.78 is 0. The first-order valence-corrected chi connectivity index (χ1v) is 10.6. The molecule has 2 aromatic carbocycles. The Hall–Kier alpha value is -1.60. The van der Waals surface area contributed by atoms with Gasteiger partial charge in [0.05, 0.1) is 0 Å². The van der Waals surface area contributed by atoms with Crippen LogP contribution in [0.15, 0.2) is 60.7 Å². The summed E-state index contributed by atoms with van der Waals surface area (Å²) in [4.78, 5) is 2.38. The van der Waals surface area contributed by atoms with Gasteiger partial charge in [-0.15, -0.1) is 0 Å². The second kappa shape index (κ2) is 14.6. The zero-order valence-electron chi connectivity index (χ0n) is 17.5. The number of benzene rings is 2. The van der Waals surface area contributed by atoms with Crippen LogP contribution in [-0.2, 0) is 0 Å². The van der Waals surface area contributed by atoms with Crippen LogP contribution in [0.25, 0.3) is 0 Å².